The van der Waals surface area contributed by atoms with Gasteiger partial charge in [0, 0.05) is 4.47 Å². The SMILES string of the molecule is CCCOc1cc(C)ccc1NC(=O)c1cc(Br)ccc1Cl. The van der Waals surface area contributed by atoms with Crippen molar-refractivity contribution >= 4 is 39.1 Å². The second-order valence-electron chi connectivity index (χ2n) is 4.93. The number of hydrogen-bond donors (Lipinski definition) is 1. The minimum Gasteiger partial charge on any atom is -0.491 e. The Bertz CT molecular complexity index is 688. The van der Waals surface area contributed by atoms with Crippen molar-refractivity contribution in [3.63, 3.8) is 0 Å². The molecule has 0 spiro atoms. The third kappa shape index (κ3) is 4.24. The summed E-state index contributed by atoms with van der Waals surface area (Å²) in [4.78, 5) is 12.4. The number of ether oxygens (including phenoxy) is 1. The Morgan fingerprint density at radius 3 is 2.77 bits per heavy atom. The highest BCUT2D eigenvalue weighted by Crippen LogP contribution is 2.28. The van der Waals surface area contributed by atoms with Gasteiger partial charge in [0.2, 0.25) is 0 Å². The van der Waals surface area contributed by atoms with Crippen molar-refractivity contribution < 1.29 is 9.53 Å². The lowest BCUT2D eigenvalue weighted by atomic mass is 10.1. The van der Waals surface area contributed by atoms with Gasteiger partial charge in [-0.1, -0.05) is 40.5 Å². The Kier molecular flexibility index (Phi) is 5.86. The average Bonchev–Trinajstić information content (AvgIpc) is 2.49. The van der Waals surface area contributed by atoms with Crippen molar-refractivity contribution in [3.8, 4) is 5.75 Å². The molecule has 0 atom stereocenters. The maximum absolute atomic E-state index is 12.4. The maximum Gasteiger partial charge on any atom is 0.257 e. The van der Waals surface area contributed by atoms with Gasteiger partial charge in [0.05, 0.1) is 22.9 Å². The van der Waals surface area contributed by atoms with Crippen molar-refractivity contribution in [2.75, 3.05) is 11.9 Å². The first-order chi connectivity index (χ1) is 10.5. The predicted octanol–water partition coefficient (Wildman–Crippen LogP) is 5.45. The van der Waals surface area contributed by atoms with Gasteiger partial charge in [-0.05, 0) is 49.2 Å². The zero-order chi connectivity index (χ0) is 16.1. The molecule has 5 heteroatoms. The largest absolute Gasteiger partial charge is 0.491 e. The minimum absolute atomic E-state index is 0.267. The zero-order valence-electron chi connectivity index (χ0n) is 12.5. The van der Waals surface area contributed by atoms with Crippen LogP contribution < -0.4 is 10.1 Å². The quantitative estimate of drug-likeness (QED) is 0.746. The number of hydrogen-bond acceptors (Lipinski definition) is 2. The Morgan fingerprint density at radius 2 is 2.05 bits per heavy atom. The molecule has 2 aromatic rings. The minimum atomic E-state index is -0.267. The summed E-state index contributed by atoms with van der Waals surface area (Å²) in [5.74, 6) is 0.401. The van der Waals surface area contributed by atoms with Gasteiger partial charge >= 0.3 is 0 Å². The number of anilines is 1. The third-order valence-electron chi connectivity index (χ3n) is 3.02. The molecule has 0 aromatic heterocycles. The molecule has 1 amide bonds. The van der Waals surface area contributed by atoms with E-state index in [0.717, 1.165) is 16.5 Å². The van der Waals surface area contributed by atoms with Crippen LogP contribution in [-0.2, 0) is 0 Å². The molecule has 3 nitrogen and oxygen atoms in total. The summed E-state index contributed by atoms with van der Waals surface area (Å²) in [7, 11) is 0. The van der Waals surface area contributed by atoms with Gasteiger partial charge in [0.1, 0.15) is 5.75 Å². The molecule has 0 aliphatic carbocycles. The van der Waals surface area contributed by atoms with E-state index in [-0.39, 0.29) is 5.91 Å². The molecule has 0 aliphatic heterocycles. The number of halogens is 2. The van der Waals surface area contributed by atoms with Crippen LogP contribution in [0.5, 0.6) is 5.75 Å². The molecule has 116 valence electrons. The van der Waals surface area contributed by atoms with E-state index in [1.807, 2.05) is 32.0 Å². The highest BCUT2D eigenvalue weighted by Gasteiger charge is 2.14. The number of benzene rings is 2. The van der Waals surface area contributed by atoms with Gasteiger partial charge < -0.3 is 10.1 Å². The molecular formula is C17H17BrClNO2. The van der Waals surface area contributed by atoms with Crippen LogP contribution in [0.2, 0.25) is 5.02 Å². The number of aryl methyl sites for hydroxylation is 1. The Labute approximate surface area is 143 Å². The number of carbonyl (C=O) groups excluding carboxylic acids is 1. The first-order valence-corrected chi connectivity index (χ1v) is 8.18. The first kappa shape index (κ1) is 16.8. The van der Waals surface area contributed by atoms with Crippen LogP contribution in [0.1, 0.15) is 29.3 Å². The van der Waals surface area contributed by atoms with Crippen LogP contribution in [0.4, 0.5) is 5.69 Å². The topological polar surface area (TPSA) is 38.3 Å². The monoisotopic (exact) mass is 381 g/mol. The smallest absolute Gasteiger partial charge is 0.257 e. The van der Waals surface area contributed by atoms with Crippen molar-refractivity contribution in [2.45, 2.75) is 20.3 Å². The van der Waals surface area contributed by atoms with Gasteiger partial charge in [-0.15, -0.1) is 0 Å². The first-order valence-electron chi connectivity index (χ1n) is 7.01. The lowest BCUT2D eigenvalue weighted by Crippen LogP contribution is -2.13. The lowest BCUT2D eigenvalue weighted by molar-refractivity contribution is 0.102. The van der Waals surface area contributed by atoms with E-state index in [1.54, 1.807) is 18.2 Å². The predicted molar refractivity (Wildman–Crippen MR) is 94.1 cm³/mol. The van der Waals surface area contributed by atoms with Crippen molar-refractivity contribution in [1.29, 1.82) is 0 Å². The van der Waals surface area contributed by atoms with E-state index in [0.29, 0.717) is 28.6 Å². The molecule has 0 saturated heterocycles. The number of carbonyl (C=O) groups is 1. The van der Waals surface area contributed by atoms with E-state index < -0.39 is 0 Å². The van der Waals surface area contributed by atoms with E-state index >= 15 is 0 Å². The summed E-state index contributed by atoms with van der Waals surface area (Å²) in [6.45, 7) is 4.62. The Balaban J connectivity index is 2.26. The van der Waals surface area contributed by atoms with E-state index in [9.17, 15) is 4.79 Å². The summed E-state index contributed by atoms with van der Waals surface area (Å²) >= 11 is 9.44. The third-order valence-corrected chi connectivity index (χ3v) is 3.84. The summed E-state index contributed by atoms with van der Waals surface area (Å²) in [5, 5.41) is 3.27. The molecule has 0 saturated carbocycles. The average molecular weight is 383 g/mol. The fourth-order valence-electron chi connectivity index (χ4n) is 1.93. The number of amides is 1. The fraction of sp³-hybridized carbons (Fsp3) is 0.235. The van der Waals surface area contributed by atoms with E-state index in [4.69, 9.17) is 16.3 Å². The van der Waals surface area contributed by atoms with Crippen LogP contribution in [0, 0.1) is 6.92 Å². The number of nitrogens with one attached hydrogen (secondary N) is 1. The summed E-state index contributed by atoms with van der Waals surface area (Å²) < 4.78 is 6.50. The van der Waals surface area contributed by atoms with Crippen molar-refractivity contribution in [1.82, 2.24) is 0 Å². The van der Waals surface area contributed by atoms with Crippen molar-refractivity contribution in [3.05, 3.63) is 57.0 Å². The normalized spacial score (nSPS) is 10.4. The molecule has 22 heavy (non-hydrogen) atoms. The molecule has 0 heterocycles. The molecule has 0 fully saturated rings. The van der Waals surface area contributed by atoms with Crippen molar-refractivity contribution in [2.24, 2.45) is 0 Å². The van der Waals surface area contributed by atoms with Crippen LogP contribution in [-0.4, -0.2) is 12.5 Å². The molecule has 1 N–H and O–H groups in total. The van der Waals surface area contributed by atoms with Crippen LogP contribution >= 0.6 is 27.5 Å². The molecule has 2 rings (SSSR count). The Morgan fingerprint density at radius 1 is 1.27 bits per heavy atom. The molecule has 0 bridgehead atoms. The van der Waals surface area contributed by atoms with Crippen LogP contribution in [0.25, 0.3) is 0 Å². The van der Waals surface area contributed by atoms with E-state index in [2.05, 4.69) is 21.2 Å². The molecule has 0 unspecified atom stereocenters. The molecule has 2 aromatic carbocycles. The summed E-state index contributed by atoms with van der Waals surface area (Å²) in [6.07, 6.45) is 0.902. The molecular weight excluding hydrogens is 366 g/mol. The van der Waals surface area contributed by atoms with Crippen LogP contribution in [0.15, 0.2) is 40.9 Å². The fourth-order valence-corrected chi connectivity index (χ4v) is 2.49. The van der Waals surface area contributed by atoms with Crippen LogP contribution in [0.3, 0.4) is 0 Å². The second kappa shape index (κ2) is 7.65. The lowest BCUT2D eigenvalue weighted by Gasteiger charge is -2.13. The van der Waals surface area contributed by atoms with Gasteiger partial charge in [-0.3, -0.25) is 4.79 Å². The van der Waals surface area contributed by atoms with Gasteiger partial charge in [-0.2, -0.15) is 0 Å². The molecule has 0 aliphatic rings. The van der Waals surface area contributed by atoms with Gasteiger partial charge in [-0.25, -0.2) is 0 Å². The standard InChI is InChI=1S/C17H17BrClNO2/c1-3-8-22-16-9-11(2)4-7-15(16)20-17(21)13-10-12(18)5-6-14(13)19/h4-7,9-10H,3,8H2,1-2H3,(H,20,21). The Hall–Kier alpha value is -1.52. The van der Waals surface area contributed by atoms with E-state index in [1.165, 1.54) is 0 Å². The maximum atomic E-state index is 12.4. The highest BCUT2D eigenvalue weighted by molar-refractivity contribution is 9.10. The van der Waals surface area contributed by atoms with Gasteiger partial charge in [0.25, 0.3) is 5.91 Å². The summed E-state index contributed by atoms with van der Waals surface area (Å²) in [5.41, 5.74) is 2.13. The second-order valence-corrected chi connectivity index (χ2v) is 6.25. The highest BCUT2D eigenvalue weighted by atomic mass is 79.9. The summed E-state index contributed by atoms with van der Waals surface area (Å²) in [6, 6.07) is 10.8. The molecule has 0 radical (unpaired) electrons. The van der Waals surface area contributed by atoms with Gasteiger partial charge in [0.15, 0.2) is 0 Å². The number of rotatable bonds is 5. The zero-order valence-corrected chi connectivity index (χ0v) is 14.8.